The van der Waals surface area contributed by atoms with Gasteiger partial charge in [0.15, 0.2) is 6.10 Å². The number of fused-ring (bicyclic) bond motifs is 1. The Morgan fingerprint density at radius 3 is 2.70 bits per heavy atom. The number of carbonyl (C=O) groups is 2. The third-order valence-corrected chi connectivity index (χ3v) is 5.00. The number of amides is 1. The minimum absolute atomic E-state index is 0.308. The van der Waals surface area contributed by atoms with Gasteiger partial charge in [0.2, 0.25) is 0 Å². The van der Waals surface area contributed by atoms with E-state index in [1.807, 2.05) is 12.1 Å². The van der Waals surface area contributed by atoms with Gasteiger partial charge in [-0.25, -0.2) is 4.79 Å². The Hall–Kier alpha value is -2.53. The number of methoxy groups -OCH3 is 1. The van der Waals surface area contributed by atoms with Crippen LogP contribution in [0, 0.1) is 0 Å². The molecule has 1 amide bonds. The lowest BCUT2D eigenvalue weighted by molar-refractivity contribution is -0.122. The van der Waals surface area contributed by atoms with E-state index in [2.05, 4.69) is 11.4 Å². The number of aryl methyl sites for hydroxylation is 1. The zero-order valence-corrected chi connectivity index (χ0v) is 16.1. The van der Waals surface area contributed by atoms with Crippen LogP contribution in [0.1, 0.15) is 41.3 Å². The molecular weight excluding hydrogens is 366 g/mol. The number of anilines is 1. The molecule has 3 rings (SSSR count). The van der Waals surface area contributed by atoms with Gasteiger partial charge >= 0.3 is 5.97 Å². The number of halogens is 1. The molecule has 0 unspecified atom stereocenters. The average molecular weight is 388 g/mol. The first kappa shape index (κ1) is 19.2. The van der Waals surface area contributed by atoms with Crippen molar-refractivity contribution in [3.8, 4) is 5.75 Å². The molecule has 0 heterocycles. The Kier molecular flexibility index (Phi) is 6.01. The van der Waals surface area contributed by atoms with E-state index in [-0.39, 0.29) is 5.91 Å². The van der Waals surface area contributed by atoms with Gasteiger partial charge in [-0.1, -0.05) is 23.7 Å². The number of esters is 1. The number of hydrogen-bond donors (Lipinski definition) is 1. The lowest BCUT2D eigenvalue weighted by atomic mass is 9.91. The second kappa shape index (κ2) is 8.44. The highest BCUT2D eigenvalue weighted by Gasteiger charge is 2.20. The van der Waals surface area contributed by atoms with Crippen molar-refractivity contribution >= 4 is 29.2 Å². The summed E-state index contributed by atoms with van der Waals surface area (Å²) in [6, 6.07) is 10.6. The fraction of sp³-hybridized carbons (Fsp3) is 0.333. The molecule has 0 bridgehead atoms. The summed E-state index contributed by atoms with van der Waals surface area (Å²) in [6.45, 7) is 1.69. The van der Waals surface area contributed by atoms with Gasteiger partial charge in [0, 0.05) is 0 Å². The Morgan fingerprint density at radius 1 is 1.15 bits per heavy atom. The summed E-state index contributed by atoms with van der Waals surface area (Å²) < 4.78 is 10.6. The van der Waals surface area contributed by atoms with Crippen molar-refractivity contribution in [2.75, 3.05) is 12.4 Å². The molecule has 0 aromatic heterocycles. The quantitative estimate of drug-likeness (QED) is 0.772. The molecule has 0 aliphatic heterocycles. The fourth-order valence-corrected chi connectivity index (χ4v) is 3.37. The molecule has 1 N–H and O–H groups in total. The summed E-state index contributed by atoms with van der Waals surface area (Å²) in [5.74, 6) is -0.0843. The second-order valence-electron chi connectivity index (χ2n) is 6.54. The van der Waals surface area contributed by atoms with Gasteiger partial charge in [0.25, 0.3) is 5.91 Å². The van der Waals surface area contributed by atoms with Crippen LogP contribution in [0.25, 0.3) is 0 Å². The molecule has 5 nitrogen and oxygen atoms in total. The Balaban J connectivity index is 1.73. The van der Waals surface area contributed by atoms with E-state index < -0.39 is 12.1 Å². The van der Waals surface area contributed by atoms with E-state index in [0.717, 1.165) is 25.0 Å². The predicted octanol–water partition coefficient (Wildman–Crippen LogP) is 4.41. The van der Waals surface area contributed by atoms with Gasteiger partial charge in [0.05, 0.1) is 23.4 Å². The zero-order chi connectivity index (χ0) is 19.4. The Morgan fingerprint density at radius 2 is 1.93 bits per heavy atom. The van der Waals surface area contributed by atoms with Crippen molar-refractivity contribution in [3.05, 3.63) is 58.1 Å². The SMILES string of the molecule is COC(=O)c1ccc(Cl)c(NC(=O)[C@H](C)Oc2cccc3c2CCCC3)c1. The van der Waals surface area contributed by atoms with Gasteiger partial charge in [-0.2, -0.15) is 0 Å². The summed E-state index contributed by atoms with van der Waals surface area (Å²) in [4.78, 5) is 24.2. The maximum atomic E-state index is 12.6. The number of rotatable bonds is 5. The Bertz CT molecular complexity index is 865. The van der Waals surface area contributed by atoms with Crippen molar-refractivity contribution in [2.45, 2.75) is 38.7 Å². The van der Waals surface area contributed by atoms with Crippen LogP contribution in [-0.4, -0.2) is 25.1 Å². The van der Waals surface area contributed by atoms with Crippen molar-refractivity contribution in [3.63, 3.8) is 0 Å². The van der Waals surface area contributed by atoms with E-state index in [0.29, 0.717) is 16.3 Å². The standard InChI is InChI=1S/C21H22ClNO4/c1-13(27-19-9-5-7-14-6-3-4-8-16(14)19)20(24)23-18-12-15(21(25)26-2)10-11-17(18)22/h5,7,9-13H,3-4,6,8H2,1-2H3,(H,23,24)/t13-/m0/s1. The lowest BCUT2D eigenvalue weighted by Crippen LogP contribution is -2.30. The first-order chi connectivity index (χ1) is 13.0. The summed E-state index contributed by atoms with van der Waals surface area (Å²) in [5.41, 5.74) is 3.13. The van der Waals surface area contributed by atoms with Crippen LogP contribution < -0.4 is 10.1 Å². The van der Waals surface area contributed by atoms with Crippen LogP contribution in [0.3, 0.4) is 0 Å². The average Bonchev–Trinajstić information content (AvgIpc) is 2.69. The van der Waals surface area contributed by atoms with Crippen LogP contribution >= 0.6 is 11.6 Å². The van der Waals surface area contributed by atoms with E-state index >= 15 is 0 Å². The summed E-state index contributed by atoms with van der Waals surface area (Å²) in [5, 5.41) is 3.06. The maximum absolute atomic E-state index is 12.6. The highest BCUT2D eigenvalue weighted by Crippen LogP contribution is 2.30. The van der Waals surface area contributed by atoms with Crippen molar-refractivity contribution < 1.29 is 19.1 Å². The lowest BCUT2D eigenvalue weighted by Gasteiger charge is -2.22. The highest BCUT2D eigenvalue weighted by molar-refractivity contribution is 6.33. The molecule has 2 aromatic rings. The number of nitrogens with one attached hydrogen (secondary N) is 1. The molecule has 1 atom stereocenters. The highest BCUT2D eigenvalue weighted by atomic mass is 35.5. The van der Waals surface area contributed by atoms with Gasteiger partial charge in [-0.05, 0) is 68.0 Å². The molecular formula is C21H22ClNO4. The number of benzene rings is 2. The predicted molar refractivity (Wildman–Crippen MR) is 105 cm³/mol. The number of hydrogen-bond acceptors (Lipinski definition) is 4. The van der Waals surface area contributed by atoms with Crippen molar-refractivity contribution in [2.24, 2.45) is 0 Å². The molecule has 1 aliphatic carbocycles. The minimum atomic E-state index is -0.712. The summed E-state index contributed by atoms with van der Waals surface area (Å²) in [6.07, 6.45) is 3.61. The molecule has 2 aromatic carbocycles. The zero-order valence-electron chi connectivity index (χ0n) is 15.4. The van der Waals surface area contributed by atoms with Gasteiger partial charge in [0.1, 0.15) is 5.75 Å². The molecule has 0 saturated heterocycles. The van der Waals surface area contributed by atoms with Crippen LogP contribution in [0.5, 0.6) is 5.75 Å². The smallest absolute Gasteiger partial charge is 0.337 e. The molecule has 1 aliphatic rings. The topological polar surface area (TPSA) is 64.6 Å². The monoisotopic (exact) mass is 387 g/mol. The molecule has 6 heteroatoms. The fourth-order valence-electron chi connectivity index (χ4n) is 3.20. The Labute approximate surface area is 163 Å². The number of carbonyl (C=O) groups excluding carboxylic acids is 2. The van der Waals surface area contributed by atoms with E-state index in [1.165, 1.54) is 30.7 Å². The van der Waals surface area contributed by atoms with Crippen molar-refractivity contribution in [1.29, 1.82) is 0 Å². The largest absolute Gasteiger partial charge is 0.481 e. The van der Waals surface area contributed by atoms with Crippen LogP contribution in [-0.2, 0) is 22.4 Å². The van der Waals surface area contributed by atoms with E-state index in [1.54, 1.807) is 19.1 Å². The summed E-state index contributed by atoms with van der Waals surface area (Å²) in [7, 11) is 1.30. The normalized spacial score (nSPS) is 14.0. The van der Waals surface area contributed by atoms with Crippen LogP contribution in [0.2, 0.25) is 5.02 Å². The first-order valence-electron chi connectivity index (χ1n) is 8.95. The molecule has 0 radical (unpaired) electrons. The molecule has 0 spiro atoms. The minimum Gasteiger partial charge on any atom is -0.481 e. The molecule has 0 fully saturated rings. The molecule has 27 heavy (non-hydrogen) atoms. The van der Waals surface area contributed by atoms with E-state index in [4.69, 9.17) is 21.1 Å². The van der Waals surface area contributed by atoms with Crippen LogP contribution in [0.15, 0.2) is 36.4 Å². The number of ether oxygens (including phenoxy) is 2. The first-order valence-corrected chi connectivity index (χ1v) is 9.33. The third kappa shape index (κ3) is 4.42. The molecule has 0 saturated carbocycles. The van der Waals surface area contributed by atoms with E-state index in [9.17, 15) is 9.59 Å². The van der Waals surface area contributed by atoms with Gasteiger partial charge in [-0.15, -0.1) is 0 Å². The summed E-state index contributed by atoms with van der Waals surface area (Å²) >= 11 is 6.14. The second-order valence-corrected chi connectivity index (χ2v) is 6.94. The maximum Gasteiger partial charge on any atom is 0.337 e. The van der Waals surface area contributed by atoms with Crippen molar-refractivity contribution in [1.82, 2.24) is 0 Å². The molecule has 142 valence electrons. The van der Waals surface area contributed by atoms with Crippen LogP contribution in [0.4, 0.5) is 5.69 Å². The third-order valence-electron chi connectivity index (χ3n) is 4.67. The van der Waals surface area contributed by atoms with Gasteiger partial charge < -0.3 is 14.8 Å². The van der Waals surface area contributed by atoms with Gasteiger partial charge in [-0.3, -0.25) is 4.79 Å².